The zero-order valence-electron chi connectivity index (χ0n) is 13.2. The van der Waals surface area contributed by atoms with Gasteiger partial charge in [-0.2, -0.15) is 0 Å². The third kappa shape index (κ3) is 3.72. The molecule has 0 aromatic heterocycles. The number of hydrogen-bond donors (Lipinski definition) is 1. The first kappa shape index (κ1) is 17.6. The fraction of sp³-hybridized carbons (Fsp3) is 0.333. The highest BCUT2D eigenvalue weighted by molar-refractivity contribution is 9.10. The average molecular weight is 410 g/mol. The van der Waals surface area contributed by atoms with Gasteiger partial charge < -0.3 is 4.74 Å². The molecule has 3 rings (SSSR count). The van der Waals surface area contributed by atoms with Crippen LogP contribution in [0.15, 0.2) is 64.0 Å². The first-order valence-electron chi connectivity index (χ1n) is 7.91. The number of halogens is 1. The SMILES string of the molecule is O=S(=O)(NCC1(c2ccccc2)CCOCC1)c1ccccc1Br. The molecule has 0 unspecified atom stereocenters. The van der Waals surface area contributed by atoms with Crippen LogP contribution < -0.4 is 4.72 Å². The fourth-order valence-corrected chi connectivity index (χ4v) is 5.22. The van der Waals surface area contributed by atoms with E-state index >= 15 is 0 Å². The minimum Gasteiger partial charge on any atom is -0.381 e. The van der Waals surface area contributed by atoms with Gasteiger partial charge in [-0.25, -0.2) is 13.1 Å². The number of hydrogen-bond acceptors (Lipinski definition) is 3. The molecule has 2 aromatic rings. The summed E-state index contributed by atoms with van der Waals surface area (Å²) in [5, 5.41) is 0. The van der Waals surface area contributed by atoms with Crippen LogP contribution in [0.1, 0.15) is 18.4 Å². The lowest BCUT2D eigenvalue weighted by atomic mass is 9.74. The van der Waals surface area contributed by atoms with E-state index in [-0.39, 0.29) is 10.3 Å². The standard InChI is InChI=1S/C18H20BrNO3S/c19-16-8-4-5-9-17(16)24(21,22)20-14-18(10-12-23-13-11-18)15-6-2-1-3-7-15/h1-9,20H,10-14H2. The van der Waals surface area contributed by atoms with Crippen molar-refractivity contribution in [2.75, 3.05) is 19.8 Å². The summed E-state index contributed by atoms with van der Waals surface area (Å²) in [6.07, 6.45) is 1.60. The summed E-state index contributed by atoms with van der Waals surface area (Å²) in [5.41, 5.74) is 0.927. The maximum atomic E-state index is 12.7. The van der Waals surface area contributed by atoms with Crippen LogP contribution in [0, 0.1) is 0 Å². The van der Waals surface area contributed by atoms with Crippen LogP contribution in [0.2, 0.25) is 0 Å². The van der Waals surface area contributed by atoms with Gasteiger partial charge in [0, 0.05) is 29.6 Å². The summed E-state index contributed by atoms with van der Waals surface area (Å²) in [4.78, 5) is 0.264. The maximum Gasteiger partial charge on any atom is 0.241 e. The van der Waals surface area contributed by atoms with E-state index in [0.29, 0.717) is 24.2 Å². The Bertz CT molecular complexity index is 787. The fourth-order valence-electron chi connectivity index (χ4n) is 3.09. The highest BCUT2D eigenvalue weighted by Gasteiger charge is 2.35. The van der Waals surface area contributed by atoms with Crippen molar-refractivity contribution < 1.29 is 13.2 Å². The molecular formula is C18H20BrNO3S. The zero-order valence-corrected chi connectivity index (χ0v) is 15.6. The predicted molar refractivity (Wildman–Crippen MR) is 97.5 cm³/mol. The minimum atomic E-state index is -3.57. The van der Waals surface area contributed by atoms with Crippen LogP contribution >= 0.6 is 15.9 Å². The number of benzene rings is 2. The van der Waals surface area contributed by atoms with Crippen molar-refractivity contribution in [1.29, 1.82) is 0 Å². The Balaban J connectivity index is 1.86. The topological polar surface area (TPSA) is 55.4 Å². The number of nitrogens with one attached hydrogen (secondary N) is 1. The maximum absolute atomic E-state index is 12.7. The first-order chi connectivity index (χ1) is 11.5. The van der Waals surface area contributed by atoms with E-state index in [4.69, 9.17) is 4.74 Å². The van der Waals surface area contributed by atoms with Crippen molar-refractivity contribution in [3.8, 4) is 0 Å². The molecule has 0 bridgehead atoms. The van der Waals surface area contributed by atoms with Crippen LogP contribution in [0.5, 0.6) is 0 Å². The van der Waals surface area contributed by atoms with E-state index in [0.717, 1.165) is 18.4 Å². The summed E-state index contributed by atoms with van der Waals surface area (Å²) in [5.74, 6) is 0. The molecule has 0 amide bonds. The quantitative estimate of drug-likeness (QED) is 0.821. The third-order valence-corrected chi connectivity index (χ3v) is 6.98. The molecule has 1 saturated heterocycles. The van der Waals surface area contributed by atoms with Gasteiger partial charge in [0.2, 0.25) is 10.0 Å². The smallest absolute Gasteiger partial charge is 0.241 e. The molecule has 1 fully saturated rings. The molecule has 0 aliphatic carbocycles. The van der Waals surface area contributed by atoms with E-state index < -0.39 is 10.0 Å². The lowest BCUT2D eigenvalue weighted by molar-refractivity contribution is 0.0517. The summed E-state index contributed by atoms with van der Waals surface area (Å²) in [6, 6.07) is 17.0. The molecule has 1 N–H and O–H groups in total. The highest BCUT2D eigenvalue weighted by Crippen LogP contribution is 2.34. The minimum absolute atomic E-state index is 0.228. The van der Waals surface area contributed by atoms with Crippen molar-refractivity contribution in [1.82, 2.24) is 4.72 Å². The predicted octanol–water partition coefficient (Wildman–Crippen LogP) is 3.48. The van der Waals surface area contributed by atoms with E-state index in [1.165, 1.54) is 0 Å². The van der Waals surface area contributed by atoms with Crippen LogP contribution in [-0.2, 0) is 20.2 Å². The Morgan fingerprint density at radius 1 is 1.00 bits per heavy atom. The first-order valence-corrected chi connectivity index (χ1v) is 10.2. The van der Waals surface area contributed by atoms with Crippen molar-refractivity contribution in [2.24, 2.45) is 0 Å². The van der Waals surface area contributed by atoms with Crippen molar-refractivity contribution in [2.45, 2.75) is 23.2 Å². The van der Waals surface area contributed by atoms with Crippen LogP contribution in [0.3, 0.4) is 0 Å². The lowest BCUT2D eigenvalue weighted by Gasteiger charge is -2.37. The van der Waals surface area contributed by atoms with Gasteiger partial charge in [-0.15, -0.1) is 0 Å². The van der Waals surface area contributed by atoms with Crippen LogP contribution in [0.25, 0.3) is 0 Å². The van der Waals surface area contributed by atoms with Gasteiger partial charge in [-0.05, 0) is 46.5 Å². The van der Waals surface area contributed by atoms with Crippen LogP contribution in [0.4, 0.5) is 0 Å². The molecule has 24 heavy (non-hydrogen) atoms. The third-order valence-electron chi connectivity index (χ3n) is 4.56. The summed E-state index contributed by atoms with van der Waals surface area (Å²) in [6.45, 7) is 1.65. The largest absolute Gasteiger partial charge is 0.381 e. The Kier molecular flexibility index (Phi) is 5.39. The monoisotopic (exact) mass is 409 g/mol. The number of sulfonamides is 1. The molecule has 128 valence electrons. The average Bonchev–Trinajstić information content (AvgIpc) is 2.62. The molecule has 0 radical (unpaired) electrons. The summed E-state index contributed by atoms with van der Waals surface area (Å²) in [7, 11) is -3.57. The van der Waals surface area contributed by atoms with E-state index in [1.807, 2.05) is 18.2 Å². The molecule has 1 aliphatic heterocycles. The highest BCUT2D eigenvalue weighted by atomic mass is 79.9. The number of ether oxygens (including phenoxy) is 1. The molecular weight excluding hydrogens is 390 g/mol. The second kappa shape index (κ2) is 7.35. The van der Waals surface area contributed by atoms with Crippen molar-refractivity contribution in [3.05, 3.63) is 64.6 Å². The Hall–Kier alpha value is -1.21. The number of rotatable bonds is 5. The second-order valence-electron chi connectivity index (χ2n) is 6.01. The molecule has 0 spiro atoms. The molecule has 0 saturated carbocycles. The van der Waals surface area contributed by atoms with E-state index in [2.05, 4.69) is 32.8 Å². The van der Waals surface area contributed by atoms with E-state index in [9.17, 15) is 8.42 Å². The van der Waals surface area contributed by atoms with Crippen LogP contribution in [-0.4, -0.2) is 28.2 Å². The van der Waals surface area contributed by atoms with Gasteiger partial charge in [-0.1, -0.05) is 42.5 Å². The molecule has 1 heterocycles. The van der Waals surface area contributed by atoms with Gasteiger partial charge in [0.1, 0.15) is 0 Å². The molecule has 4 nitrogen and oxygen atoms in total. The van der Waals surface area contributed by atoms with E-state index in [1.54, 1.807) is 24.3 Å². The molecule has 1 aliphatic rings. The molecule has 0 atom stereocenters. The normalized spacial score (nSPS) is 17.5. The summed E-state index contributed by atoms with van der Waals surface area (Å²) < 4.78 is 34.3. The van der Waals surface area contributed by atoms with Gasteiger partial charge >= 0.3 is 0 Å². The Morgan fingerprint density at radius 2 is 1.62 bits per heavy atom. The van der Waals surface area contributed by atoms with Gasteiger partial charge in [0.05, 0.1) is 4.90 Å². The van der Waals surface area contributed by atoms with Gasteiger partial charge in [0.25, 0.3) is 0 Å². The lowest BCUT2D eigenvalue weighted by Crippen LogP contribution is -2.44. The van der Waals surface area contributed by atoms with Gasteiger partial charge in [-0.3, -0.25) is 0 Å². The second-order valence-corrected chi connectivity index (χ2v) is 8.60. The Morgan fingerprint density at radius 3 is 2.29 bits per heavy atom. The zero-order chi connectivity index (χ0) is 17.0. The summed E-state index contributed by atoms with van der Waals surface area (Å²) >= 11 is 3.32. The van der Waals surface area contributed by atoms with Crippen molar-refractivity contribution >= 4 is 26.0 Å². The molecule has 2 aromatic carbocycles. The van der Waals surface area contributed by atoms with Gasteiger partial charge in [0.15, 0.2) is 0 Å². The van der Waals surface area contributed by atoms with Crippen molar-refractivity contribution in [3.63, 3.8) is 0 Å². The Labute approximate surface area is 151 Å². The molecule has 6 heteroatoms.